The zero-order chi connectivity index (χ0) is 16.1. The van der Waals surface area contributed by atoms with Gasteiger partial charge in [0.05, 0.1) is 12.6 Å². The van der Waals surface area contributed by atoms with Gasteiger partial charge in [-0.15, -0.1) is 11.3 Å². The Bertz CT molecular complexity index is 612. The number of hydrogen-bond acceptors (Lipinski definition) is 3. The van der Waals surface area contributed by atoms with Gasteiger partial charge in [0, 0.05) is 10.9 Å². The van der Waals surface area contributed by atoms with Crippen LogP contribution in [0.2, 0.25) is 0 Å². The van der Waals surface area contributed by atoms with E-state index in [0.717, 1.165) is 12.1 Å². The quantitative estimate of drug-likeness (QED) is 0.905. The molecule has 1 saturated heterocycles. The van der Waals surface area contributed by atoms with Crippen molar-refractivity contribution in [3.05, 3.63) is 58.3 Å². The van der Waals surface area contributed by atoms with E-state index in [1.54, 1.807) is 11.3 Å². The Hall–Kier alpha value is -1.65. The predicted octanol–water partition coefficient (Wildman–Crippen LogP) is 3.83. The lowest BCUT2D eigenvalue weighted by atomic mass is 10.0. The Balaban J connectivity index is 1.70. The third-order valence-corrected chi connectivity index (χ3v) is 5.49. The van der Waals surface area contributed by atoms with E-state index in [-0.39, 0.29) is 11.9 Å². The molecule has 1 amide bonds. The molecule has 23 heavy (non-hydrogen) atoms. The van der Waals surface area contributed by atoms with Crippen LogP contribution in [-0.2, 0) is 4.79 Å². The van der Waals surface area contributed by atoms with E-state index in [1.807, 2.05) is 24.3 Å². The third-order valence-electron chi connectivity index (χ3n) is 4.55. The summed E-state index contributed by atoms with van der Waals surface area (Å²) >= 11 is 1.69. The first kappa shape index (κ1) is 16.2. The summed E-state index contributed by atoms with van der Waals surface area (Å²) in [4.78, 5) is 16.1. The molecule has 0 bridgehead atoms. The number of carbonyl (C=O) groups excluding carboxylic acids is 1. The van der Waals surface area contributed by atoms with Crippen LogP contribution in [0.5, 0.6) is 0 Å². The van der Waals surface area contributed by atoms with Crippen molar-refractivity contribution in [3.8, 4) is 0 Å². The second-order valence-electron chi connectivity index (χ2n) is 6.24. The first-order valence-corrected chi connectivity index (χ1v) is 9.24. The number of nitrogens with one attached hydrogen (secondary N) is 1. The average Bonchev–Trinajstić information content (AvgIpc) is 3.10. The van der Waals surface area contributed by atoms with Gasteiger partial charge in [0.2, 0.25) is 5.91 Å². The molecule has 1 N–H and O–H groups in total. The van der Waals surface area contributed by atoms with Crippen molar-refractivity contribution in [2.24, 2.45) is 0 Å². The number of piperidine rings is 1. The van der Waals surface area contributed by atoms with Crippen molar-refractivity contribution in [3.63, 3.8) is 0 Å². The third kappa shape index (κ3) is 4.21. The van der Waals surface area contributed by atoms with Crippen LogP contribution in [0.3, 0.4) is 0 Å². The maximum Gasteiger partial charge on any atom is 0.234 e. The van der Waals surface area contributed by atoms with Crippen molar-refractivity contribution < 1.29 is 4.79 Å². The molecule has 122 valence electrons. The van der Waals surface area contributed by atoms with Crippen LogP contribution >= 0.6 is 11.3 Å². The van der Waals surface area contributed by atoms with Crippen LogP contribution in [0.1, 0.15) is 42.7 Å². The molecule has 2 heterocycles. The molecule has 1 aliphatic heterocycles. The molecule has 0 saturated carbocycles. The van der Waals surface area contributed by atoms with Gasteiger partial charge in [-0.3, -0.25) is 9.69 Å². The van der Waals surface area contributed by atoms with Crippen LogP contribution in [0.25, 0.3) is 0 Å². The lowest BCUT2D eigenvalue weighted by Gasteiger charge is -2.33. The zero-order valence-electron chi connectivity index (χ0n) is 13.6. The second-order valence-corrected chi connectivity index (χ2v) is 7.22. The molecule has 0 aliphatic carbocycles. The fourth-order valence-electron chi connectivity index (χ4n) is 3.20. The van der Waals surface area contributed by atoms with Crippen molar-refractivity contribution in [1.29, 1.82) is 0 Å². The Labute approximate surface area is 142 Å². The van der Waals surface area contributed by atoms with Gasteiger partial charge in [-0.05, 0) is 43.3 Å². The highest BCUT2D eigenvalue weighted by molar-refractivity contribution is 7.10. The highest BCUT2D eigenvalue weighted by Gasteiger charge is 2.23. The summed E-state index contributed by atoms with van der Waals surface area (Å²) in [6.07, 6.45) is 3.67. The molecule has 3 rings (SSSR count). The fraction of sp³-hybridized carbons (Fsp3) is 0.421. The number of thiophene rings is 1. The summed E-state index contributed by atoms with van der Waals surface area (Å²) in [6, 6.07) is 14.8. The lowest BCUT2D eigenvalue weighted by molar-refractivity contribution is -0.123. The van der Waals surface area contributed by atoms with Gasteiger partial charge >= 0.3 is 0 Å². The number of benzene rings is 1. The van der Waals surface area contributed by atoms with Gasteiger partial charge in [-0.25, -0.2) is 0 Å². The Kier molecular flexibility index (Phi) is 5.47. The van der Waals surface area contributed by atoms with Crippen LogP contribution in [0, 0.1) is 0 Å². The molecule has 1 aromatic heterocycles. The van der Waals surface area contributed by atoms with Crippen molar-refractivity contribution in [2.75, 3.05) is 13.1 Å². The second kappa shape index (κ2) is 7.75. The molecular formula is C19H24N2OS. The molecule has 3 nitrogen and oxygen atoms in total. The van der Waals surface area contributed by atoms with Gasteiger partial charge < -0.3 is 5.32 Å². The average molecular weight is 328 g/mol. The Morgan fingerprint density at radius 3 is 2.78 bits per heavy atom. The van der Waals surface area contributed by atoms with E-state index >= 15 is 0 Å². The van der Waals surface area contributed by atoms with Gasteiger partial charge in [-0.2, -0.15) is 0 Å². The van der Waals surface area contributed by atoms with E-state index in [1.165, 1.54) is 24.1 Å². The number of carbonyl (C=O) groups is 1. The van der Waals surface area contributed by atoms with Crippen LogP contribution in [-0.4, -0.2) is 29.9 Å². The highest BCUT2D eigenvalue weighted by Crippen LogP contribution is 2.26. The van der Waals surface area contributed by atoms with Crippen molar-refractivity contribution in [1.82, 2.24) is 10.2 Å². The van der Waals surface area contributed by atoms with Crippen LogP contribution in [0.4, 0.5) is 0 Å². The van der Waals surface area contributed by atoms with Gasteiger partial charge in [0.1, 0.15) is 0 Å². The molecular weight excluding hydrogens is 304 g/mol. The van der Waals surface area contributed by atoms with E-state index in [4.69, 9.17) is 0 Å². The van der Waals surface area contributed by atoms with Gasteiger partial charge in [-0.1, -0.05) is 42.8 Å². The molecule has 0 radical (unpaired) electrons. The summed E-state index contributed by atoms with van der Waals surface area (Å²) in [7, 11) is 0. The molecule has 0 unspecified atom stereocenters. The van der Waals surface area contributed by atoms with E-state index in [9.17, 15) is 4.79 Å². The molecule has 1 aromatic carbocycles. The maximum absolute atomic E-state index is 12.6. The number of amides is 1. The summed E-state index contributed by atoms with van der Waals surface area (Å²) < 4.78 is 0. The molecule has 1 fully saturated rings. The summed E-state index contributed by atoms with van der Waals surface area (Å²) in [6.45, 7) is 3.75. The van der Waals surface area contributed by atoms with Crippen LogP contribution in [0.15, 0.2) is 47.8 Å². The Morgan fingerprint density at radius 1 is 1.26 bits per heavy atom. The fourth-order valence-corrected chi connectivity index (χ4v) is 4.01. The first-order valence-electron chi connectivity index (χ1n) is 8.36. The van der Waals surface area contributed by atoms with Crippen molar-refractivity contribution >= 4 is 17.2 Å². The van der Waals surface area contributed by atoms with E-state index < -0.39 is 0 Å². The minimum absolute atomic E-state index is 0.0520. The van der Waals surface area contributed by atoms with Crippen LogP contribution < -0.4 is 5.32 Å². The maximum atomic E-state index is 12.6. The molecule has 1 aliphatic rings. The number of rotatable bonds is 5. The van der Waals surface area contributed by atoms with E-state index in [0.29, 0.717) is 12.6 Å². The molecule has 2 aromatic rings. The number of nitrogens with zero attached hydrogens (tertiary/aromatic N) is 1. The Morgan fingerprint density at radius 2 is 2.09 bits per heavy atom. The summed E-state index contributed by atoms with van der Waals surface area (Å²) in [5.74, 6) is 0.112. The zero-order valence-corrected chi connectivity index (χ0v) is 14.4. The lowest BCUT2D eigenvalue weighted by Crippen LogP contribution is -2.45. The SMILES string of the molecule is C[C@H]1CCCCN1CC(=O)N[C@@H](c1ccccc1)c1cccs1. The molecule has 4 heteroatoms. The van der Waals surface area contributed by atoms with Gasteiger partial charge in [0.15, 0.2) is 0 Å². The first-order chi connectivity index (χ1) is 11.2. The normalized spacial score (nSPS) is 20.1. The molecule has 0 spiro atoms. The monoisotopic (exact) mass is 328 g/mol. The topological polar surface area (TPSA) is 32.3 Å². The smallest absolute Gasteiger partial charge is 0.234 e. The van der Waals surface area contributed by atoms with E-state index in [2.05, 4.69) is 40.7 Å². The summed E-state index contributed by atoms with van der Waals surface area (Å²) in [5, 5.41) is 5.29. The highest BCUT2D eigenvalue weighted by atomic mass is 32.1. The number of hydrogen-bond donors (Lipinski definition) is 1. The number of likely N-dealkylation sites (tertiary alicyclic amines) is 1. The van der Waals surface area contributed by atoms with Gasteiger partial charge in [0.25, 0.3) is 0 Å². The summed E-state index contributed by atoms with van der Waals surface area (Å²) in [5.41, 5.74) is 1.13. The molecule has 2 atom stereocenters. The minimum atomic E-state index is -0.0520. The largest absolute Gasteiger partial charge is 0.343 e. The predicted molar refractivity (Wildman–Crippen MR) is 95.6 cm³/mol. The van der Waals surface area contributed by atoms with Crippen molar-refractivity contribution in [2.45, 2.75) is 38.3 Å². The minimum Gasteiger partial charge on any atom is -0.343 e. The standard InChI is InChI=1S/C19H24N2OS/c1-15-8-5-6-12-21(15)14-18(22)20-19(17-11-7-13-23-17)16-9-3-2-4-10-16/h2-4,7,9-11,13,15,19H,5-6,8,12,14H2,1H3,(H,20,22)/t15-,19-/m0/s1.